The maximum absolute atomic E-state index is 10.4. The molecule has 0 aromatic heterocycles. The van der Waals surface area contributed by atoms with Crippen molar-refractivity contribution in [3.05, 3.63) is 60.2 Å². The van der Waals surface area contributed by atoms with Crippen LogP contribution in [0.4, 0.5) is 0 Å². The van der Waals surface area contributed by atoms with E-state index in [1.807, 2.05) is 6.07 Å². The van der Waals surface area contributed by atoms with Gasteiger partial charge in [-0.1, -0.05) is 54.6 Å². The van der Waals surface area contributed by atoms with Gasteiger partial charge < -0.3 is 15.2 Å². The fourth-order valence-corrected chi connectivity index (χ4v) is 2.81. The molecule has 0 atom stereocenters. The number of aliphatic hydroxyl groups is 1. The first-order valence-corrected chi connectivity index (χ1v) is 7.90. The normalized spacial score (nSPS) is 17.3. The van der Waals surface area contributed by atoms with Gasteiger partial charge in [-0.05, 0) is 16.7 Å². The first kappa shape index (κ1) is 15.2. The van der Waals surface area contributed by atoms with Gasteiger partial charge in [-0.3, -0.25) is 0 Å². The Morgan fingerprint density at radius 1 is 0.909 bits per heavy atom. The van der Waals surface area contributed by atoms with E-state index in [1.54, 1.807) is 0 Å². The zero-order valence-electron chi connectivity index (χ0n) is 12.8. The topological polar surface area (TPSA) is 41.5 Å². The van der Waals surface area contributed by atoms with E-state index in [0.29, 0.717) is 32.6 Å². The van der Waals surface area contributed by atoms with Crippen molar-refractivity contribution in [2.45, 2.75) is 25.0 Å². The first-order chi connectivity index (χ1) is 10.8. The standard InChI is InChI=1S/C19H23NO2/c21-19(10-12-22-13-11-19)15-20-14-16-6-8-18(9-7-16)17-4-2-1-3-5-17/h1-9,20-21H,10-15H2. The summed E-state index contributed by atoms with van der Waals surface area (Å²) in [7, 11) is 0. The molecule has 0 spiro atoms. The largest absolute Gasteiger partial charge is 0.388 e. The van der Waals surface area contributed by atoms with Crippen molar-refractivity contribution < 1.29 is 9.84 Å². The molecular formula is C19H23NO2. The van der Waals surface area contributed by atoms with Gasteiger partial charge in [0.2, 0.25) is 0 Å². The fourth-order valence-electron chi connectivity index (χ4n) is 2.81. The van der Waals surface area contributed by atoms with Gasteiger partial charge >= 0.3 is 0 Å². The van der Waals surface area contributed by atoms with Crippen LogP contribution in [0, 0.1) is 0 Å². The van der Waals surface area contributed by atoms with Crippen LogP contribution in [-0.4, -0.2) is 30.5 Å². The first-order valence-electron chi connectivity index (χ1n) is 7.90. The summed E-state index contributed by atoms with van der Waals surface area (Å²) in [5.41, 5.74) is 3.09. The SMILES string of the molecule is OC1(CNCc2ccc(-c3ccccc3)cc2)CCOCC1. The molecule has 2 N–H and O–H groups in total. The van der Waals surface area contributed by atoms with Crippen molar-refractivity contribution >= 4 is 0 Å². The van der Waals surface area contributed by atoms with Crippen molar-refractivity contribution in [3.8, 4) is 11.1 Å². The molecule has 0 unspecified atom stereocenters. The molecule has 22 heavy (non-hydrogen) atoms. The van der Waals surface area contributed by atoms with Gasteiger partial charge in [-0.2, -0.15) is 0 Å². The third-order valence-electron chi connectivity index (χ3n) is 4.27. The average Bonchev–Trinajstić information content (AvgIpc) is 2.57. The second kappa shape index (κ2) is 7.05. The van der Waals surface area contributed by atoms with Gasteiger partial charge in [-0.15, -0.1) is 0 Å². The summed E-state index contributed by atoms with van der Waals surface area (Å²) in [6.07, 6.45) is 1.43. The molecule has 0 bridgehead atoms. The minimum absolute atomic E-state index is 0.609. The minimum Gasteiger partial charge on any atom is -0.388 e. The monoisotopic (exact) mass is 297 g/mol. The Hall–Kier alpha value is -1.68. The highest BCUT2D eigenvalue weighted by Gasteiger charge is 2.28. The van der Waals surface area contributed by atoms with Crippen molar-refractivity contribution in [3.63, 3.8) is 0 Å². The van der Waals surface area contributed by atoms with Gasteiger partial charge in [-0.25, -0.2) is 0 Å². The lowest BCUT2D eigenvalue weighted by molar-refractivity contribution is -0.0617. The van der Waals surface area contributed by atoms with E-state index in [-0.39, 0.29) is 0 Å². The molecule has 116 valence electrons. The number of hydrogen-bond donors (Lipinski definition) is 2. The zero-order chi connectivity index (χ0) is 15.3. The van der Waals surface area contributed by atoms with Crippen molar-refractivity contribution in [2.75, 3.05) is 19.8 Å². The maximum atomic E-state index is 10.4. The van der Waals surface area contributed by atoms with E-state index in [2.05, 4.69) is 53.8 Å². The molecule has 2 aromatic rings. The van der Waals surface area contributed by atoms with Crippen LogP contribution < -0.4 is 5.32 Å². The van der Waals surface area contributed by atoms with Gasteiger partial charge in [0.05, 0.1) is 5.60 Å². The van der Waals surface area contributed by atoms with Crippen molar-refractivity contribution in [2.24, 2.45) is 0 Å². The van der Waals surface area contributed by atoms with E-state index in [1.165, 1.54) is 16.7 Å². The Bertz CT molecular complexity index is 574. The van der Waals surface area contributed by atoms with Crippen LogP contribution in [0.5, 0.6) is 0 Å². The lowest BCUT2D eigenvalue weighted by Gasteiger charge is -2.32. The maximum Gasteiger partial charge on any atom is 0.0815 e. The van der Waals surface area contributed by atoms with E-state index >= 15 is 0 Å². The molecule has 1 aliphatic rings. The molecule has 3 nitrogen and oxygen atoms in total. The highest BCUT2D eigenvalue weighted by atomic mass is 16.5. The summed E-state index contributed by atoms with van der Waals surface area (Å²) in [6, 6.07) is 19.0. The lowest BCUT2D eigenvalue weighted by Crippen LogP contribution is -2.44. The summed E-state index contributed by atoms with van der Waals surface area (Å²) < 4.78 is 5.30. The van der Waals surface area contributed by atoms with Gasteiger partial charge in [0.15, 0.2) is 0 Å². The fraction of sp³-hybridized carbons (Fsp3) is 0.368. The average molecular weight is 297 g/mol. The predicted octanol–water partition coefficient (Wildman–Crippen LogP) is 2.98. The van der Waals surface area contributed by atoms with Crippen LogP contribution in [-0.2, 0) is 11.3 Å². The molecule has 3 heteroatoms. The second-order valence-electron chi connectivity index (χ2n) is 6.00. The van der Waals surface area contributed by atoms with E-state index in [9.17, 15) is 5.11 Å². The highest BCUT2D eigenvalue weighted by molar-refractivity contribution is 5.63. The summed E-state index contributed by atoms with van der Waals surface area (Å²) in [6.45, 7) is 2.71. The quantitative estimate of drug-likeness (QED) is 0.891. The van der Waals surface area contributed by atoms with Crippen LogP contribution in [0.25, 0.3) is 11.1 Å². The van der Waals surface area contributed by atoms with E-state index in [4.69, 9.17) is 4.74 Å². The third-order valence-corrected chi connectivity index (χ3v) is 4.27. The van der Waals surface area contributed by atoms with Crippen molar-refractivity contribution in [1.82, 2.24) is 5.32 Å². The zero-order valence-corrected chi connectivity index (χ0v) is 12.8. The molecule has 1 aliphatic heterocycles. The molecule has 1 saturated heterocycles. The smallest absolute Gasteiger partial charge is 0.0815 e. The number of hydrogen-bond acceptors (Lipinski definition) is 3. The minimum atomic E-state index is -0.609. The second-order valence-corrected chi connectivity index (χ2v) is 6.00. The Morgan fingerprint density at radius 2 is 1.55 bits per heavy atom. The lowest BCUT2D eigenvalue weighted by atomic mass is 9.94. The van der Waals surface area contributed by atoms with Crippen LogP contribution in [0.2, 0.25) is 0 Å². The molecule has 0 aliphatic carbocycles. The molecule has 1 heterocycles. The van der Waals surface area contributed by atoms with Gasteiger partial charge in [0.25, 0.3) is 0 Å². The van der Waals surface area contributed by atoms with Crippen LogP contribution in [0.1, 0.15) is 18.4 Å². The van der Waals surface area contributed by atoms with Gasteiger partial charge in [0.1, 0.15) is 0 Å². The molecule has 0 saturated carbocycles. The van der Waals surface area contributed by atoms with E-state index in [0.717, 1.165) is 6.54 Å². The predicted molar refractivity (Wildman–Crippen MR) is 88.6 cm³/mol. The Morgan fingerprint density at radius 3 is 2.23 bits per heavy atom. The van der Waals surface area contributed by atoms with Crippen LogP contribution in [0.3, 0.4) is 0 Å². The molecular weight excluding hydrogens is 274 g/mol. The molecule has 2 aromatic carbocycles. The highest BCUT2D eigenvalue weighted by Crippen LogP contribution is 2.21. The summed E-state index contributed by atoms with van der Waals surface area (Å²) in [5.74, 6) is 0. The van der Waals surface area contributed by atoms with E-state index < -0.39 is 5.60 Å². The van der Waals surface area contributed by atoms with Gasteiger partial charge in [0, 0.05) is 39.1 Å². The molecule has 0 radical (unpaired) electrons. The van der Waals surface area contributed by atoms with Crippen molar-refractivity contribution in [1.29, 1.82) is 0 Å². The molecule has 3 rings (SSSR count). The Labute approximate surface area is 131 Å². The Balaban J connectivity index is 1.53. The Kier molecular flexibility index (Phi) is 4.88. The summed E-state index contributed by atoms with van der Waals surface area (Å²) in [5, 5.41) is 13.8. The number of ether oxygens (including phenoxy) is 1. The third kappa shape index (κ3) is 3.95. The number of rotatable bonds is 5. The number of nitrogens with one attached hydrogen (secondary N) is 1. The van der Waals surface area contributed by atoms with Crippen LogP contribution >= 0.6 is 0 Å². The molecule has 0 amide bonds. The summed E-state index contributed by atoms with van der Waals surface area (Å²) in [4.78, 5) is 0. The number of benzene rings is 2. The molecule has 1 fully saturated rings. The summed E-state index contributed by atoms with van der Waals surface area (Å²) >= 11 is 0. The van der Waals surface area contributed by atoms with Crippen LogP contribution in [0.15, 0.2) is 54.6 Å².